The van der Waals surface area contributed by atoms with Gasteiger partial charge in [0.05, 0.1) is 11.8 Å². The first-order chi connectivity index (χ1) is 14.2. The molecule has 1 aliphatic rings. The van der Waals surface area contributed by atoms with Crippen LogP contribution in [0.25, 0.3) is 0 Å². The van der Waals surface area contributed by atoms with Crippen molar-refractivity contribution in [2.45, 2.75) is 51.0 Å². The van der Waals surface area contributed by atoms with Gasteiger partial charge in [-0.15, -0.1) is 0 Å². The lowest BCUT2D eigenvalue weighted by atomic mass is 10.1. The van der Waals surface area contributed by atoms with Gasteiger partial charge in [-0.05, 0) is 31.4 Å². The maximum atomic E-state index is 12.8. The first kappa shape index (κ1) is 23.0. The number of rotatable bonds is 6. The number of hydrogen-bond donors (Lipinski definition) is 3. The van der Waals surface area contributed by atoms with E-state index in [0.717, 1.165) is 11.4 Å². The first-order valence-corrected chi connectivity index (χ1v) is 10.3. The average molecular weight is 422 g/mol. The van der Waals surface area contributed by atoms with E-state index in [0.29, 0.717) is 16.6 Å². The molecule has 1 saturated carbocycles. The number of nitrogens with one attached hydrogen (secondary N) is 2. The highest BCUT2D eigenvalue weighted by atomic mass is 35.5. The molecule has 3 rings (SSSR count). The van der Waals surface area contributed by atoms with Crippen LogP contribution in [-0.2, 0) is 6.42 Å². The van der Waals surface area contributed by atoms with E-state index in [9.17, 15) is 4.39 Å². The quantitative estimate of drug-likeness (QED) is 0.370. The van der Waals surface area contributed by atoms with E-state index in [1.165, 1.54) is 44.6 Å². The van der Waals surface area contributed by atoms with Crippen molar-refractivity contribution in [3.8, 4) is 0 Å². The third-order valence-corrected chi connectivity index (χ3v) is 5.05. The molecule has 0 spiro atoms. The summed E-state index contributed by atoms with van der Waals surface area (Å²) in [5.41, 5.74) is 4.06. The van der Waals surface area contributed by atoms with Gasteiger partial charge in [0.25, 0.3) is 0 Å². The largest absolute Gasteiger partial charge is 0.396 e. The number of anilines is 1. The summed E-state index contributed by atoms with van der Waals surface area (Å²) in [5, 5.41) is 16.5. The normalized spacial score (nSPS) is 14.8. The van der Waals surface area contributed by atoms with Gasteiger partial charge in [0, 0.05) is 36.5 Å². The van der Waals surface area contributed by atoms with Crippen LogP contribution in [0.3, 0.4) is 0 Å². The molecule has 2 aromatic rings. The molecule has 0 unspecified atom stereocenters. The van der Waals surface area contributed by atoms with Gasteiger partial charge in [-0.25, -0.2) is 14.4 Å². The zero-order valence-corrected chi connectivity index (χ0v) is 17.5. The Bertz CT molecular complexity index is 746. The second kappa shape index (κ2) is 13.1. The first-order valence-electron chi connectivity index (χ1n) is 9.95. The molecule has 29 heavy (non-hydrogen) atoms. The number of halogens is 2. The Balaban J connectivity index is 0.000000234. The van der Waals surface area contributed by atoms with E-state index in [1.54, 1.807) is 37.9 Å². The molecule has 3 N–H and O–H groups in total. The number of hydrogen-bond acceptors (Lipinski definition) is 6. The molecular weight excluding hydrogens is 393 g/mol. The molecule has 1 aromatic heterocycles. The van der Waals surface area contributed by atoms with E-state index in [2.05, 4.69) is 25.8 Å². The second-order valence-electron chi connectivity index (χ2n) is 6.82. The number of nitrogens with zero attached hydrogens (tertiary/aromatic N) is 3. The topological polar surface area (TPSA) is 82.4 Å². The van der Waals surface area contributed by atoms with Gasteiger partial charge in [-0.1, -0.05) is 43.4 Å². The van der Waals surface area contributed by atoms with Crippen molar-refractivity contribution >= 4 is 23.6 Å². The minimum Gasteiger partial charge on any atom is -0.396 e. The van der Waals surface area contributed by atoms with Crippen LogP contribution in [0.15, 0.2) is 35.8 Å². The van der Waals surface area contributed by atoms with Gasteiger partial charge in [-0.2, -0.15) is 5.10 Å². The lowest BCUT2D eigenvalue weighted by Gasteiger charge is -2.17. The lowest BCUT2D eigenvalue weighted by Crippen LogP contribution is -2.20. The van der Waals surface area contributed by atoms with Crippen molar-refractivity contribution in [2.24, 2.45) is 5.10 Å². The van der Waals surface area contributed by atoms with Crippen molar-refractivity contribution in [2.75, 3.05) is 19.0 Å². The maximum Gasteiger partial charge on any atom is 0.138 e. The molecule has 0 bridgehead atoms. The zero-order chi connectivity index (χ0) is 20.9. The molecule has 8 heteroatoms. The molecular formula is C21H29ClFN5O. The number of aromatic nitrogens is 2. The van der Waals surface area contributed by atoms with E-state index in [4.69, 9.17) is 16.7 Å². The molecule has 0 amide bonds. The van der Waals surface area contributed by atoms with Crippen LogP contribution >= 0.6 is 11.6 Å². The fraction of sp³-hybridized carbons (Fsp3) is 0.476. The van der Waals surface area contributed by atoms with Gasteiger partial charge in [-0.3, -0.25) is 0 Å². The fourth-order valence-electron chi connectivity index (χ4n) is 3.19. The summed E-state index contributed by atoms with van der Waals surface area (Å²) in [6, 6.07) is 5.01. The summed E-state index contributed by atoms with van der Waals surface area (Å²) >= 11 is 5.66. The Hall–Kier alpha value is -2.25. The third-order valence-electron chi connectivity index (χ3n) is 4.69. The predicted molar refractivity (Wildman–Crippen MR) is 116 cm³/mol. The lowest BCUT2D eigenvalue weighted by molar-refractivity contribution is 0.297. The zero-order valence-electron chi connectivity index (χ0n) is 16.7. The van der Waals surface area contributed by atoms with Crippen molar-refractivity contribution in [1.82, 2.24) is 15.4 Å². The molecule has 1 heterocycles. The molecule has 1 aromatic carbocycles. The highest BCUT2D eigenvalue weighted by Crippen LogP contribution is 2.21. The van der Waals surface area contributed by atoms with E-state index in [1.807, 2.05) is 0 Å². The van der Waals surface area contributed by atoms with E-state index >= 15 is 0 Å². The monoisotopic (exact) mass is 421 g/mol. The Morgan fingerprint density at radius 3 is 2.69 bits per heavy atom. The van der Waals surface area contributed by atoms with Gasteiger partial charge in [0.2, 0.25) is 0 Å². The van der Waals surface area contributed by atoms with Crippen molar-refractivity contribution in [3.05, 3.63) is 52.7 Å². The molecule has 0 atom stereocenters. The maximum absolute atomic E-state index is 12.8. The summed E-state index contributed by atoms with van der Waals surface area (Å²) in [5.74, 6) is 0.530. The average Bonchev–Trinajstić information content (AvgIpc) is 2.99. The number of aliphatic hydroxyl groups is 1. The minimum atomic E-state index is -0.355. The molecule has 1 aliphatic carbocycles. The highest BCUT2D eigenvalue weighted by Gasteiger charge is 2.13. The molecule has 0 radical (unpaired) electrons. The van der Waals surface area contributed by atoms with Crippen LogP contribution in [0.5, 0.6) is 0 Å². The van der Waals surface area contributed by atoms with Crippen LogP contribution in [-0.4, -0.2) is 41.0 Å². The standard InChI is InChI=1S/C13H21N5.C8H8ClFO/c1-14-17-9-11-8-15-10-16-13(11)18-12-6-4-2-3-5-7-12;9-7-2-1-3-8(10)6(7)4-5-11/h8-10,12,14H,2-7H2,1H3,(H,15,16,18);1-3,11H,4-5H2/b17-9-;. The number of aliphatic hydroxyl groups excluding tert-OH is 1. The minimum absolute atomic E-state index is 0.0827. The van der Waals surface area contributed by atoms with Crippen LogP contribution in [0, 0.1) is 5.82 Å². The highest BCUT2D eigenvalue weighted by molar-refractivity contribution is 6.31. The molecule has 158 valence electrons. The molecule has 0 aliphatic heterocycles. The molecule has 6 nitrogen and oxygen atoms in total. The Kier molecular flexibility index (Phi) is 10.4. The predicted octanol–water partition coefficient (Wildman–Crippen LogP) is 4.18. The Morgan fingerprint density at radius 1 is 1.28 bits per heavy atom. The van der Waals surface area contributed by atoms with Crippen LogP contribution in [0.1, 0.15) is 49.7 Å². The molecule has 0 saturated heterocycles. The Labute approximate surface area is 176 Å². The van der Waals surface area contributed by atoms with Gasteiger partial charge < -0.3 is 15.8 Å². The van der Waals surface area contributed by atoms with Gasteiger partial charge >= 0.3 is 0 Å². The van der Waals surface area contributed by atoms with E-state index < -0.39 is 0 Å². The second-order valence-corrected chi connectivity index (χ2v) is 7.22. The third kappa shape index (κ3) is 7.95. The summed E-state index contributed by atoms with van der Waals surface area (Å²) in [6.07, 6.45) is 13.2. The van der Waals surface area contributed by atoms with Gasteiger partial charge in [0.15, 0.2) is 0 Å². The van der Waals surface area contributed by atoms with Crippen LogP contribution < -0.4 is 10.7 Å². The van der Waals surface area contributed by atoms with Crippen molar-refractivity contribution < 1.29 is 9.50 Å². The summed E-state index contributed by atoms with van der Waals surface area (Å²) in [6.45, 7) is -0.0827. The van der Waals surface area contributed by atoms with Crippen molar-refractivity contribution in [3.63, 3.8) is 0 Å². The summed E-state index contributed by atoms with van der Waals surface area (Å²) in [4.78, 5) is 8.35. The number of benzene rings is 1. The van der Waals surface area contributed by atoms with E-state index in [-0.39, 0.29) is 18.8 Å². The van der Waals surface area contributed by atoms with Crippen molar-refractivity contribution in [1.29, 1.82) is 0 Å². The smallest absolute Gasteiger partial charge is 0.138 e. The SMILES string of the molecule is CN/N=C\c1cncnc1NC1CCCCCC1.OCCc1c(F)cccc1Cl. The van der Waals surface area contributed by atoms with Gasteiger partial charge in [0.1, 0.15) is 18.0 Å². The fourth-order valence-corrected chi connectivity index (χ4v) is 3.45. The van der Waals surface area contributed by atoms with Crippen LogP contribution in [0.2, 0.25) is 5.02 Å². The Morgan fingerprint density at radius 2 is 2.03 bits per heavy atom. The van der Waals surface area contributed by atoms with Crippen LogP contribution in [0.4, 0.5) is 10.2 Å². The molecule has 1 fully saturated rings. The number of hydrazone groups is 1. The summed E-state index contributed by atoms with van der Waals surface area (Å²) in [7, 11) is 1.78. The summed E-state index contributed by atoms with van der Waals surface area (Å²) < 4.78 is 12.8.